The number of benzene rings is 2. The van der Waals surface area contributed by atoms with Crippen LogP contribution in [0.5, 0.6) is 5.75 Å². The first-order valence-corrected chi connectivity index (χ1v) is 9.88. The fourth-order valence-electron chi connectivity index (χ4n) is 3.51. The molecule has 5 rings (SSSR count). The van der Waals surface area contributed by atoms with Crippen molar-refractivity contribution in [2.45, 2.75) is 6.54 Å². The van der Waals surface area contributed by atoms with E-state index in [0.29, 0.717) is 29.0 Å². The second-order valence-corrected chi connectivity index (χ2v) is 7.08. The average molecular weight is 426 g/mol. The molecular weight excluding hydrogens is 408 g/mol. The van der Waals surface area contributed by atoms with Crippen LogP contribution in [-0.2, 0) is 11.3 Å². The Bertz CT molecular complexity index is 1410. The molecule has 0 bridgehead atoms. The van der Waals surface area contributed by atoms with Crippen LogP contribution in [0.15, 0.2) is 73.3 Å². The molecule has 0 unspecified atom stereocenters. The molecule has 2 aromatic carbocycles. The predicted octanol–water partition coefficient (Wildman–Crippen LogP) is 3.63. The van der Waals surface area contributed by atoms with E-state index in [4.69, 9.17) is 9.84 Å². The molecule has 5 aromatic rings. The molecule has 158 valence electrons. The van der Waals surface area contributed by atoms with E-state index >= 15 is 0 Å². The molecule has 3 heterocycles. The number of anilines is 2. The van der Waals surface area contributed by atoms with Crippen molar-refractivity contribution in [1.29, 1.82) is 0 Å². The summed E-state index contributed by atoms with van der Waals surface area (Å²) in [5, 5.41) is 18.3. The summed E-state index contributed by atoms with van der Waals surface area (Å²) in [6.45, 7) is 0.132. The lowest BCUT2D eigenvalue weighted by Crippen LogP contribution is -2.10. The summed E-state index contributed by atoms with van der Waals surface area (Å²) in [6.07, 6.45) is 5.03. The molecule has 0 amide bonds. The van der Waals surface area contributed by atoms with Crippen LogP contribution < -0.4 is 10.1 Å². The SMILES string of the molecule is O=C(O)COc1cccc2ncnc(Nc3ccc4c(cnn4Cc4ccccn4)c3)c12. The molecule has 0 saturated heterocycles. The van der Waals surface area contributed by atoms with E-state index in [9.17, 15) is 4.79 Å². The number of nitrogens with zero attached hydrogens (tertiary/aromatic N) is 5. The number of rotatable bonds is 7. The highest BCUT2D eigenvalue weighted by atomic mass is 16.5. The first-order valence-electron chi connectivity index (χ1n) is 9.88. The minimum Gasteiger partial charge on any atom is -0.481 e. The van der Waals surface area contributed by atoms with Gasteiger partial charge in [0.25, 0.3) is 0 Å². The van der Waals surface area contributed by atoms with Crippen molar-refractivity contribution in [3.63, 3.8) is 0 Å². The molecule has 0 radical (unpaired) electrons. The summed E-state index contributed by atoms with van der Waals surface area (Å²) in [5.74, 6) is -0.130. The summed E-state index contributed by atoms with van der Waals surface area (Å²) >= 11 is 0. The maximum Gasteiger partial charge on any atom is 0.341 e. The second kappa shape index (κ2) is 8.31. The highest BCUT2D eigenvalue weighted by Gasteiger charge is 2.12. The van der Waals surface area contributed by atoms with Gasteiger partial charge in [-0.25, -0.2) is 14.8 Å². The molecule has 0 spiro atoms. The zero-order valence-electron chi connectivity index (χ0n) is 16.8. The minimum absolute atomic E-state index is 0.400. The molecule has 0 atom stereocenters. The third-order valence-electron chi connectivity index (χ3n) is 4.92. The topological polar surface area (TPSA) is 115 Å². The van der Waals surface area contributed by atoms with Crippen molar-refractivity contribution in [1.82, 2.24) is 24.7 Å². The smallest absolute Gasteiger partial charge is 0.341 e. The first-order chi connectivity index (χ1) is 15.7. The van der Waals surface area contributed by atoms with Crippen LogP contribution in [0.2, 0.25) is 0 Å². The third kappa shape index (κ3) is 3.91. The van der Waals surface area contributed by atoms with Gasteiger partial charge in [0.1, 0.15) is 17.9 Å². The van der Waals surface area contributed by atoms with Crippen molar-refractivity contribution in [3.05, 3.63) is 79.0 Å². The maximum atomic E-state index is 10.9. The van der Waals surface area contributed by atoms with Crippen molar-refractivity contribution in [2.75, 3.05) is 11.9 Å². The molecule has 0 aliphatic carbocycles. The van der Waals surface area contributed by atoms with Gasteiger partial charge in [0.2, 0.25) is 0 Å². The van der Waals surface area contributed by atoms with Gasteiger partial charge in [0.05, 0.1) is 34.9 Å². The summed E-state index contributed by atoms with van der Waals surface area (Å²) < 4.78 is 7.35. The van der Waals surface area contributed by atoms with Crippen LogP contribution in [0.25, 0.3) is 21.8 Å². The number of aromatic nitrogens is 5. The zero-order chi connectivity index (χ0) is 21.9. The number of hydrogen-bond acceptors (Lipinski definition) is 7. The monoisotopic (exact) mass is 426 g/mol. The van der Waals surface area contributed by atoms with E-state index in [1.807, 2.05) is 53.3 Å². The molecule has 0 saturated carbocycles. The number of fused-ring (bicyclic) bond motifs is 2. The largest absolute Gasteiger partial charge is 0.481 e. The van der Waals surface area contributed by atoms with E-state index in [1.165, 1.54) is 6.33 Å². The molecule has 2 N–H and O–H groups in total. The van der Waals surface area contributed by atoms with Gasteiger partial charge in [0.15, 0.2) is 6.61 Å². The van der Waals surface area contributed by atoms with Gasteiger partial charge >= 0.3 is 5.97 Å². The highest BCUT2D eigenvalue weighted by molar-refractivity contribution is 5.96. The second-order valence-electron chi connectivity index (χ2n) is 7.08. The Balaban J connectivity index is 1.46. The van der Waals surface area contributed by atoms with E-state index in [2.05, 4.69) is 25.4 Å². The lowest BCUT2D eigenvalue weighted by Gasteiger charge is -2.12. The standard InChI is InChI=1S/C23H18N6O3/c30-21(31)13-32-20-6-3-5-18-22(20)23(26-14-25-18)28-16-7-8-19-15(10-16)11-27-29(19)12-17-4-1-2-9-24-17/h1-11,14H,12-13H2,(H,30,31)(H,25,26,28). The minimum atomic E-state index is -1.05. The van der Waals surface area contributed by atoms with Crippen LogP contribution >= 0.6 is 0 Å². The van der Waals surface area contributed by atoms with Crippen molar-refractivity contribution >= 4 is 39.3 Å². The summed E-state index contributed by atoms with van der Waals surface area (Å²) in [6, 6.07) is 17.0. The molecule has 0 aliphatic heterocycles. The Morgan fingerprint density at radius 3 is 2.84 bits per heavy atom. The number of pyridine rings is 1. The molecule has 32 heavy (non-hydrogen) atoms. The Kier molecular flexibility index (Phi) is 5.04. The number of carboxylic acid groups (broad SMARTS) is 1. The number of hydrogen-bond donors (Lipinski definition) is 2. The maximum absolute atomic E-state index is 10.9. The Morgan fingerprint density at radius 2 is 2.00 bits per heavy atom. The fourth-order valence-corrected chi connectivity index (χ4v) is 3.51. The van der Waals surface area contributed by atoms with Gasteiger partial charge in [-0.05, 0) is 42.5 Å². The van der Waals surface area contributed by atoms with Crippen LogP contribution in [0.1, 0.15) is 5.69 Å². The third-order valence-corrected chi connectivity index (χ3v) is 4.92. The van der Waals surface area contributed by atoms with Crippen LogP contribution in [0, 0.1) is 0 Å². The van der Waals surface area contributed by atoms with E-state index in [-0.39, 0.29) is 0 Å². The van der Waals surface area contributed by atoms with E-state index in [1.54, 1.807) is 18.3 Å². The molecule has 0 fully saturated rings. The van der Waals surface area contributed by atoms with Gasteiger partial charge in [-0.1, -0.05) is 12.1 Å². The summed E-state index contributed by atoms with van der Waals surface area (Å²) in [7, 11) is 0. The first kappa shape index (κ1) is 19.4. The molecule has 9 nitrogen and oxygen atoms in total. The van der Waals surface area contributed by atoms with Gasteiger partial charge < -0.3 is 15.2 Å². The molecule has 0 aliphatic rings. The van der Waals surface area contributed by atoms with Gasteiger partial charge in [-0.15, -0.1) is 0 Å². The van der Waals surface area contributed by atoms with Gasteiger partial charge in [0, 0.05) is 17.3 Å². The van der Waals surface area contributed by atoms with E-state index < -0.39 is 12.6 Å². The van der Waals surface area contributed by atoms with Crippen LogP contribution in [0.4, 0.5) is 11.5 Å². The van der Waals surface area contributed by atoms with Crippen LogP contribution in [0.3, 0.4) is 0 Å². The molecular formula is C23H18N6O3. The zero-order valence-corrected chi connectivity index (χ0v) is 16.8. The van der Waals surface area contributed by atoms with Gasteiger partial charge in [-0.3, -0.25) is 9.67 Å². The lowest BCUT2D eigenvalue weighted by molar-refractivity contribution is -0.139. The Hall–Kier alpha value is -4.53. The molecule has 9 heteroatoms. The van der Waals surface area contributed by atoms with E-state index in [0.717, 1.165) is 22.3 Å². The summed E-state index contributed by atoms with van der Waals surface area (Å²) in [4.78, 5) is 23.9. The average Bonchev–Trinajstić information content (AvgIpc) is 3.20. The number of carbonyl (C=O) groups is 1. The van der Waals surface area contributed by atoms with Crippen molar-refractivity contribution in [2.24, 2.45) is 0 Å². The predicted molar refractivity (Wildman–Crippen MR) is 119 cm³/mol. The fraction of sp³-hybridized carbons (Fsp3) is 0.0870. The number of ether oxygens (including phenoxy) is 1. The summed E-state index contributed by atoms with van der Waals surface area (Å²) in [5.41, 5.74) is 3.37. The Labute approximate surface area is 182 Å². The number of nitrogens with one attached hydrogen (secondary N) is 1. The molecule has 3 aromatic heterocycles. The normalized spacial score (nSPS) is 11.0. The quantitative estimate of drug-likeness (QED) is 0.405. The highest BCUT2D eigenvalue weighted by Crippen LogP contribution is 2.32. The van der Waals surface area contributed by atoms with Crippen molar-refractivity contribution < 1.29 is 14.6 Å². The number of aliphatic carboxylic acids is 1. The van der Waals surface area contributed by atoms with Crippen LogP contribution in [-0.4, -0.2) is 42.4 Å². The number of carboxylic acids is 1. The van der Waals surface area contributed by atoms with Crippen molar-refractivity contribution in [3.8, 4) is 5.75 Å². The Morgan fingerprint density at radius 1 is 1.06 bits per heavy atom. The lowest BCUT2D eigenvalue weighted by atomic mass is 10.2. The van der Waals surface area contributed by atoms with Gasteiger partial charge in [-0.2, -0.15) is 5.10 Å².